The standard InChI is InChI=1S/C26H48O4/c1-5-6-7-8-9-12-17-22(18-13-10-11-16-21(2)3)30-25(29)26(4)20-15-14-19-23(26)24(27)28/h21-23H,5-20H2,1-4H3,(H,27,28). The van der Waals surface area contributed by atoms with E-state index in [2.05, 4.69) is 20.8 Å². The Morgan fingerprint density at radius 3 is 2.10 bits per heavy atom. The molecule has 3 unspecified atom stereocenters. The van der Waals surface area contributed by atoms with Gasteiger partial charge in [0.1, 0.15) is 6.10 Å². The van der Waals surface area contributed by atoms with Crippen molar-refractivity contribution < 1.29 is 19.4 Å². The smallest absolute Gasteiger partial charge is 0.312 e. The molecule has 0 saturated heterocycles. The van der Waals surface area contributed by atoms with Crippen LogP contribution in [0.3, 0.4) is 0 Å². The van der Waals surface area contributed by atoms with Crippen molar-refractivity contribution in [3.63, 3.8) is 0 Å². The number of carboxylic acids is 1. The molecule has 3 atom stereocenters. The molecule has 4 heteroatoms. The van der Waals surface area contributed by atoms with E-state index >= 15 is 0 Å². The number of unbranched alkanes of at least 4 members (excludes halogenated alkanes) is 7. The van der Waals surface area contributed by atoms with E-state index in [9.17, 15) is 14.7 Å². The van der Waals surface area contributed by atoms with Gasteiger partial charge in [0.15, 0.2) is 0 Å². The minimum Gasteiger partial charge on any atom is -0.481 e. The molecule has 0 aromatic carbocycles. The van der Waals surface area contributed by atoms with Crippen LogP contribution in [-0.4, -0.2) is 23.1 Å². The second kappa shape index (κ2) is 14.9. The van der Waals surface area contributed by atoms with Crippen LogP contribution in [0.1, 0.15) is 130 Å². The molecule has 1 N–H and O–H groups in total. The molecule has 0 amide bonds. The molecule has 4 nitrogen and oxygen atoms in total. The summed E-state index contributed by atoms with van der Waals surface area (Å²) in [5.74, 6) is -0.997. The SMILES string of the molecule is CCCCCCCCC(CCCCCC(C)C)OC(=O)C1(C)CCCCC1C(=O)O. The van der Waals surface area contributed by atoms with Gasteiger partial charge in [-0.1, -0.05) is 85.0 Å². The Morgan fingerprint density at radius 1 is 0.933 bits per heavy atom. The van der Waals surface area contributed by atoms with Gasteiger partial charge in [0.25, 0.3) is 0 Å². The van der Waals surface area contributed by atoms with Gasteiger partial charge in [0, 0.05) is 0 Å². The van der Waals surface area contributed by atoms with Crippen LogP contribution in [0, 0.1) is 17.3 Å². The molecule has 0 heterocycles. The predicted octanol–water partition coefficient (Wildman–Crippen LogP) is 7.54. The summed E-state index contributed by atoms with van der Waals surface area (Å²) in [6.45, 7) is 8.56. The summed E-state index contributed by atoms with van der Waals surface area (Å²) in [4.78, 5) is 24.9. The van der Waals surface area contributed by atoms with Crippen molar-refractivity contribution >= 4 is 11.9 Å². The Hall–Kier alpha value is -1.06. The third-order valence-electron chi connectivity index (χ3n) is 6.93. The maximum Gasteiger partial charge on any atom is 0.312 e. The van der Waals surface area contributed by atoms with Gasteiger partial charge in [0.2, 0.25) is 0 Å². The van der Waals surface area contributed by atoms with Crippen molar-refractivity contribution in [2.45, 2.75) is 137 Å². The fraction of sp³-hybridized carbons (Fsp3) is 0.923. The summed E-state index contributed by atoms with van der Waals surface area (Å²) in [5.41, 5.74) is -0.874. The number of carbonyl (C=O) groups excluding carboxylic acids is 1. The quantitative estimate of drug-likeness (QED) is 0.205. The van der Waals surface area contributed by atoms with Gasteiger partial charge >= 0.3 is 11.9 Å². The van der Waals surface area contributed by atoms with E-state index in [1.165, 1.54) is 51.4 Å². The van der Waals surface area contributed by atoms with Gasteiger partial charge in [-0.2, -0.15) is 0 Å². The molecular weight excluding hydrogens is 376 g/mol. The first-order valence-electron chi connectivity index (χ1n) is 12.7. The summed E-state index contributed by atoms with van der Waals surface area (Å²) in [6, 6.07) is 0. The Labute approximate surface area is 185 Å². The summed E-state index contributed by atoms with van der Waals surface area (Å²) in [7, 11) is 0. The van der Waals surface area contributed by atoms with Crippen LogP contribution in [-0.2, 0) is 14.3 Å². The topological polar surface area (TPSA) is 63.6 Å². The van der Waals surface area contributed by atoms with Crippen molar-refractivity contribution in [2.24, 2.45) is 17.3 Å². The minimum atomic E-state index is -0.874. The molecule has 0 bridgehead atoms. The number of aliphatic carboxylic acids is 1. The number of carboxylic acid groups (broad SMARTS) is 1. The Balaban J connectivity index is 2.60. The summed E-state index contributed by atoms with van der Waals surface area (Å²) < 4.78 is 6.03. The Bertz CT molecular complexity index is 487. The molecule has 0 aliphatic heterocycles. The fourth-order valence-corrected chi connectivity index (χ4v) is 4.78. The number of carbonyl (C=O) groups is 2. The fourth-order valence-electron chi connectivity index (χ4n) is 4.78. The second-order valence-corrected chi connectivity index (χ2v) is 10.2. The largest absolute Gasteiger partial charge is 0.481 e. The highest BCUT2D eigenvalue weighted by atomic mass is 16.5. The van der Waals surface area contributed by atoms with Crippen LogP contribution in [0.2, 0.25) is 0 Å². The average molecular weight is 425 g/mol. The summed E-state index contributed by atoms with van der Waals surface area (Å²) in [6.07, 6.45) is 16.9. The lowest BCUT2D eigenvalue weighted by Gasteiger charge is -2.37. The van der Waals surface area contributed by atoms with Gasteiger partial charge in [0.05, 0.1) is 11.3 Å². The van der Waals surface area contributed by atoms with Crippen molar-refractivity contribution in [1.29, 1.82) is 0 Å². The Kier molecular flexibility index (Phi) is 13.4. The lowest BCUT2D eigenvalue weighted by molar-refractivity contribution is -0.174. The van der Waals surface area contributed by atoms with Gasteiger partial charge in [-0.3, -0.25) is 9.59 Å². The first kappa shape index (κ1) is 27.0. The molecule has 1 aliphatic carbocycles. The third kappa shape index (κ3) is 9.83. The van der Waals surface area contributed by atoms with Gasteiger partial charge < -0.3 is 9.84 Å². The highest BCUT2D eigenvalue weighted by molar-refractivity contribution is 5.84. The van der Waals surface area contributed by atoms with Crippen molar-refractivity contribution in [3.05, 3.63) is 0 Å². The molecule has 0 aromatic heterocycles. The molecule has 1 saturated carbocycles. The van der Waals surface area contributed by atoms with Gasteiger partial charge in [-0.25, -0.2) is 0 Å². The van der Waals surface area contributed by atoms with Gasteiger partial charge in [-0.05, 0) is 51.4 Å². The summed E-state index contributed by atoms with van der Waals surface area (Å²) in [5, 5.41) is 9.64. The number of ether oxygens (including phenoxy) is 1. The molecule has 1 aliphatic rings. The molecule has 0 radical (unpaired) electrons. The third-order valence-corrected chi connectivity index (χ3v) is 6.93. The van der Waals surface area contributed by atoms with Crippen molar-refractivity contribution in [2.75, 3.05) is 0 Å². The summed E-state index contributed by atoms with van der Waals surface area (Å²) >= 11 is 0. The number of rotatable bonds is 16. The van der Waals surface area contributed by atoms with Crippen LogP contribution < -0.4 is 0 Å². The monoisotopic (exact) mass is 424 g/mol. The molecule has 30 heavy (non-hydrogen) atoms. The highest BCUT2D eigenvalue weighted by Gasteiger charge is 2.48. The molecule has 176 valence electrons. The van der Waals surface area contributed by atoms with E-state index < -0.39 is 17.3 Å². The van der Waals surface area contributed by atoms with Crippen LogP contribution in [0.15, 0.2) is 0 Å². The zero-order valence-electron chi connectivity index (χ0n) is 20.2. The number of hydrogen-bond donors (Lipinski definition) is 1. The minimum absolute atomic E-state index is 0.0593. The zero-order chi connectivity index (χ0) is 22.4. The van der Waals surface area contributed by atoms with Gasteiger partial charge in [-0.15, -0.1) is 0 Å². The van der Waals surface area contributed by atoms with Crippen LogP contribution in [0.4, 0.5) is 0 Å². The lowest BCUT2D eigenvalue weighted by atomic mass is 9.67. The first-order valence-corrected chi connectivity index (χ1v) is 12.7. The maximum atomic E-state index is 13.1. The van der Waals surface area contributed by atoms with Crippen molar-refractivity contribution in [3.8, 4) is 0 Å². The number of hydrogen-bond acceptors (Lipinski definition) is 3. The number of esters is 1. The van der Waals surface area contributed by atoms with E-state index in [1.54, 1.807) is 0 Å². The zero-order valence-corrected chi connectivity index (χ0v) is 20.2. The molecule has 1 fully saturated rings. The Morgan fingerprint density at radius 2 is 1.50 bits per heavy atom. The van der Waals surface area contributed by atoms with Crippen LogP contribution in [0.5, 0.6) is 0 Å². The molecule has 0 aromatic rings. The van der Waals surface area contributed by atoms with E-state index in [-0.39, 0.29) is 12.1 Å². The normalized spacial score (nSPS) is 22.8. The second-order valence-electron chi connectivity index (χ2n) is 10.2. The lowest BCUT2D eigenvalue weighted by Crippen LogP contribution is -2.44. The first-order chi connectivity index (χ1) is 14.3. The van der Waals surface area contributed by atoms with E-state index in [0.717, 1.165) is 44.4 Å². The van der Waals surface area contributed by atoms with Crippen LogP contribution >= 0.6 is 0 Å². The van der Waals surface area contributed by atoms with E-state index in [1.807, 2.05) is 6.92 Å². The van der Waals surface area contributed by atoms with Crippen LogP contribution in [0.25, 0.3) is 0 Å². The maximum absolute atomic E-state index is 13.1. The molecule has 0 spiro atoms. The highest BCUT2D eigenvalue weighted by Crippen LogP contribution is 2.42. The molecule has 1 rings (SSSR count). The van der Waals surface area contributed by atoms with E-state index in [4.69, 9.17) is 4.74 Å². The predicted molar refractivity (Wildman–Crippen MR) is 123 cm³/mol. The average Bonchev–Trinajstić information content (AvgIpc) is 2.69. The van der Waals surface area contributed by atoms with E-state index in [0.29, 0.717) is 12.8 Å². The molecular formula is C26H48O4. The van der Waals surface area contributed by atoms with Crippen molar-refractivity contribution in [1.82, 2.24) is 0 Å².